The molecule has 0 aliphatic heterocycles. The van der Waals surface area contributed by atoms with Crippen LogP contribution in [0, 0.1) is 0 Å². The number of hydrogen-bond donors (Lipinski definition) is 3. The smallest absolute Gasteiger partial charge is 0.276 e. The quantitative estimate of drug-likeness (QED) is 0.312. The lowest BCUT2D eigenvalue weighted by Crippen LogP contribution is -2.49. The predicted octanol–water partition coefficient (Wildman–Crippen LogP) is 3.53. The highest BCUT2D eigenvalue weighted by Crippen LogP contribution is 2.21. The van der Waals surface area contributed by atoms with Gasteiger partial charge in [-0.25, -0.2) is 0 Å². The van der Waals surface area contributed by atoms with Gasteiger partial charge in [0.2, 0.25) is 5.91 Å². The van der Waals surface area contributed by atoms with Crippen molar-refractivity contribution in [3.63, 3.8) is 0 Å². The van der Waals surface area contributed by atoms with E-state index in [1.807, 2.05) is 60.0 Å². The van der Waals surface area contributed by atoms with Gasteiger partial charge in [-0.3, -0.25) is 25.8 Å². The number of nitrogens with one attached hydrogen (secondary N) is 3. The van der Waals surface area contributed by atoms with E-state index < -0.39 is 11.8 Å². The summed E-state index contributed by atoms with van der Waals surface area (Å²) in [5, 5.41) is 4.34. The number of rotatable bonds is 6. The van der Waals surface area contributed by atoms with Gasteiger partial charge in [-0.1, -0.05) is 48.5 Å². The monoisotopic (exact) mass is 437 g/mol. The van der Waals surface area contributed by atoms with Crippen LogP contribution in [0.3, 0.4) is 0 Å². The molecule has 1 aromatic heterocycles. The van der Waals surface area contributed by atoms with Crippen LogP contribution in [-0.2, 0) is 9.59 Å². The van der Waals surface area contributed by atoms with Crippen LogP contribution in [0.25, 0.3) is 17.2 Å². The lowest BCUT2D eigenvalue weighted by molar-refractivity contribution is -0.123. The molecule has 0 radical (unpaired) electrons. The number of thiocarbonyl (C=S) groups is 1. The topological polar surface area (TPSA) is 79.5 Å². The Kier molecular flexibility index (Phi) is 7.71. The molecule has 2 aromatic carbocycles. The van der Waals surface area contributed by atoms with Crippen LogP contribution in [0.1, 0.15) is 4.88 Å². The fourth-order valence-electron chi connectivity index (χ4n) is 2.41. The Bertz CT molecular complexity index is 1020. The summed E-state index contributed by atoms with van der Waals surface area (Å²) in [5.41, 5.74) is 7.00. The fraction of sp³-hybridized carbons (Fsp3) is 0.0455. The van der Waals surface area contributed by atoms with E-state index in [1.165, 1.54) is 17.4 Å². The summed E-state index contributed by atoms with van der Waals surface area (Å²) in [6.45, 7) is -0.202. The Morgan fingerprint density at radius 2 is 1.67 bits per heavy atom. The zero-order chi connectivity index (χ0) is 21.2. The molecule has 0 bridgehead atoms. The van der Waals surface area contributed by atoms with Crippen LogP contribution in [-0.4, -0.2) is 23.5 Å². The third-order valence-corrected chi connectivity index (χ3v) is 4.87. The third kappa shape index (κ3) is 6.84. The summed E-state index contributed by atoms with van der Waals surface area (Å²) >= 11 is 6.49. The minimum absolute atomic E-state index is 0.0172. The van der Waals surface area contributed by atoms with E-state index in [-0.39, 0.29) is 11.7 Å². The van der Waals surface area contributed by atoms with Gasteiger partial charge in [0.15, 0.2) is 11.7 Å². The normalized spacial score (nSPS) is 10.4. The van der Waals surface area contributed by atoms with E-state index in [0.717, 1.165) is 16.0 Å². The SMILES string of the molecule is O=C(/C=C/c1cccs1)NC(=S)NNC(=O)COc1ccc(-c2ccccc2)cc1. The highest BCUT2D eigenvalue weighted by molar-refractivity contribution is 7.80. The molecule has 0 saturated heterocycles. The predicted molar refractivity (Wildman–Crippen MR) is 123 cm³/mol. The number of carbonyl (C=O) groups is 2. The molecule has 1 heterocycles. The minimum atomic E-state index is -0.437. The highest BCUT2D eigenvalue weighted by atomic mass is 32.1. The molecule has 0 saturated carbocycles. The Labute approximate surface area is 183 Å². The van der Waals surface area contributed by atoms with Crippen molar-refractivity contribution in [3.05, 3.63) is 83.1 Å². The van der Waals surface area contributed by atoms with Gasteiger partial charge in [0.1, 0.15) is 5.75 Å². The molecule has 3 N–H and O–H groups in total. The van der Waals surface area contributed by atoms with E-state index in [1.54, 1.807) is 18.2 Å². The number of hydrogen-bond acceptors (Lipinski definition) is 5. The first-order valence-electron chi connectivity index (χ1n) is 9.00. The van der Waals surface area contributed by atoms with Crippen molar-refractivity contribution in [1.29, 1.82) is 0 Å². The van der Waals surface area contributed by atoms with Gasteiger partial charge in [0.25, 0.3) is 5.91 Å². The van der Waals surface area contributed by atoms with Gasteiger partial charge < -0.3 is 4.74 Å². The van der Waals surface area contributed by atoms with Crippen molar-refractivity contribution in [3.8, 4) is 16.9 Å². The van der Waals surface area contributed by atoms with Gasteiger partial charge in [0.05, 0.1) is 0 Å². The van der Waals surface area contributed by atoms with Crippen molar-refractivity contribution < 1.29 is 14.3 Å². The summed E-state index contributed by atoms with van der Waals surface area (Å²) in [5.74, 6) is -0.266. The number of hydrazine groups is 1. The maximum Gasteiger partial charge on any atom is 0.276 e. The van der Waals surface area contributed by atoms with Crippen LogP contribution >= 0.6 is 23.6 Å². The number of thiophene rings is 1. The Morgan fingerprint density at radius 1 is 0.933 bits per heavy atom. The highest BCUT2D eigenvalue weighted by Gasteiger charge is 2.06. The molecule has 3 aromatic rings. The van der Waals surface area contributed by atoms with Crippen molar-refractivity contribution >= 4 is 46.6 Å². The molecule has 30 heavy (non-hydrogen) atoms. The molecule has 152 valence electrons. The molecule has 0 atom stereocenters. The lowest BCUT2D eigenvalue weighted by Gasteiger charge is -2.11. The third-order valence-electron chi connectivity index (χ3n) is 3.83. The first-order valence-corrected chi connectivity index (χ1v) is 10.3. The van der Waals surface area contributed by atoms with Crippen molar-refractivity contribution in [1.82, 2.24) is 16.2 Å². The summed E-state index contributed by atoms with van der Waals surface area (Å²) in [7, 11) is 0. The van der Waals surface area contributed by atoms with Gasteiger partial charge in [-0.15, -0.1) is 11.3 Å². The minimum Gasteiger partial charge on any atom is -0.484 e. The van der Waals surface area contributed by atoms with Crippen LogP contribution in [0.15, 0.2) is 78.2 Å². The number of benzene rings is 2. The Balaban J connectivity index is 1.37. The molecular weight excluding hydrogens is 418 g/mol. The molecule has 2 amide bonds. The molecule has 0 unspecified atom stereocenters. The summed E-state index contributed by atoms with van der Waals surface area (Å²) < 4.78 is 5.46. The second kappa shape index (κ2) is 10.9. The van der Waals surface area contributed by atoms with E-state index in [0.29, 0.717) is 5.75 Å². The summed E-state index contributed by atoms with van der Waals surface area (Å²) in [6, 6.07) is 21.2. The van der Waals surface area contributed by atoms with Gasteiger partial charge in [-0.05, 0) is 53.0 Å². The van der Waals surface area contributed by atoms with Crippen molar-refractivity contribution in [2.45, 2.75) is 0 Å². The largest absolute Gasteiger partial charge is 0.484 e. The van der Waals surface area contributed by atoms with Crippen LogP contribution < -0.4 is 20.9 Å². The number of ether oxygens (including phenoxy) is 1. The second-order valence-corrected chi connectivity index (χ2v) is 7.41. The van der Waals surface area contributed by atoms with Gasteiger partial charge in [0, 0.05) is 11.0 Å². The molecule has 0 spiro atoms. The van der Waals surface area contributed by atoms with E-state index in [2.05, 4.69) is 16.2 Å². The van der Waals surface area contributed by atoms with Gasteiger partial charge in [-0.2, -0.15) is 0 Å². The average molecular weight is 438 g/mol. The van der Waals surface area contributed by atoms with E-state index in [9.17, 15) is 9.59 Å². The number of carbonyl (C=O) groups excluding carboxylic acids is 2. The Hall–Kier alpha value is -3.49. The van der Waals surface area contributed by atoms with Crippen molar-refractivity contribution in [2.24, 2.45) is 0 Å². The van der Waals surface area contributed by atoms with Gasteiger partial charge >= 0.3 is 0 Å². The zero-order valence-corrected chi connectivity index (χ0v) is 17.5. The zero-order valence-electron chi connectivity index (χ0n) is 15.8. The maximum atomic E-state index is 11.9. The summed E-state index contributed by atoms with van der Waals surface area (Å²) in [4.78, 5) is 24.6. The van der Waals surface area contributed by atoms with E-state index >= 15 is 0 Å². The lowest BCUT2D eigenvalue weighted by atomic mass is 10.1. The maximum absolute atomic E-state index is 11.9. The molecule has 0 aliphatic carbocycles. The molecule has 0 aliphatic rings. The van der Waals surface area contributed by atoms with Crippen LogP contribution in [0.2, 0.25) is 0 Å². The molecule has 0 fully saturated rings. The van der Waals surface area contributed by atoms with Crippen molar-refractivity contribution in [2.75, 3.05) is 6.61 Å². The average Bonchev–Trinajstić information content (AvgIpc) is 3.29. The standard InChI is InChI=1S/C22H19N3O3S2/c26-20(13-12-19-7-4-14-30-19)23-22(29)25-24-21(27)15-28-18-10-8-17(9-11-18)16-5-2-1-3-6-16/h1-14H,15H2,(H,24,27)(H2,23,25,26,29)/b13-12+. The fourth-order valence-corrected chi connectivity index (χ4v) is 3.18. The molecule has 6 nitrogen and oxygen atoms in total. The molecule has 3 rings (SSSR count). The molecular formula is C22H19N3O3S2. The Morgan fingerprint density at radius 3 is 2.37 bits per heavy atom. The van der Waals surface area contributed by atoms with Crippen LogP contribution in [0.4, 0.5) is 0 Å². The van der Waals surface area contributed by atoms with Crippen LogP contribution in [0.5, 0.6) is 5.75 Å². The second-order valence-electron chi connectivity index (χ2n) is 6.02. The van der Waals surface area contributed by atoms with E-state index in [4.69, 9.17) is 17.0 Å². The first kappa shape index (κ1) is 21.2. The molecule has 8 heteroatoms. The first-order chi connectivity index (χ1) is 14.6. The number of amides is 2. The summed E-state index contributed by atoms with van der Waals surface area (Å²) in [6.07, 6.45) is 3.04.